The lowest BCUT2D eigenvalue weighted by Crippen LogP contribution is -2.47. The number of piperidine rings is 1. The highest BCUT2D eigenvalue weighted by atomic mass is 19.4. The number of methoxy groups -OCH3 is 1. The maximum Gasteiger partial charge on any atom is 0.416 e. The van der Waals surface area contributed by atoms with Crippen LogP contribution in [0, 0.1) is 11.3 Å². The van der Waals surface area contributed by atoms with Crippen LogP contribution in [0.3, 0.4) is 0 Å². The molecule has 1 spiro atoms. The summed E-state index contributed by atoms with van der Waals surface area (Å²) in [7, 11) is 1.59. The van der Waals surface area contributed by atoms with E-state index in [1.807, 2.05) is 6.07 Å². The number of alkyl halides is 3. The lowest BCUT2D eigenvalue weighted by atomic mass is 9.91. The summed E-state index contributed by atoms with van der Waals surface area (Å²) in [5.74, 6) is 0. The number of benzene rings is 2. The smallest absolute Gasteiger partial charge is 0.416 e. The van der Waals surface area contributed by atoms with Gasteiger partial charge < -0.3 is 23.8 Å². The summed E-state index contributed by atoms with van der Waals surface area (Å²) in [5.41, 5.74) is 0.723. The van der Waals surface area contributed by atoms with Gasteiger partial charge in [0.1, 0.15) is 12.3 Å². The van der Waals surface area contributed by atoms with Crippen LogP contribution in [-0.2, 0) is 31.7 Å². The van der Waals surface area contributed by atoms with Crippen LogP contribution in [0.4, 0.5) is 18.0 Å². The molecule has 2 saturated heterocycles. The van der Waals surface area contributed by atoms with Gasteiger partial charge in [-0.1, -0.05) is 18.2 Å². The van der Waals surface area contributed by atoms with Crippen LogP contribution in [-0.4, -0.2) is 81.3 Å². The first-order chi connectivity index (χ1) is 19.2. The summed E-state index contributed by atoms with van der Waals surface area (Å²) < 4.78 is 62.1. The number of rotatable bonds is 12. The van der Waals surface area contributed by atoms with Crippen molar-refractivity contribution in [1.29, 1.82) is 5.26 Å². The van der Waals surface area contributed by atoms with Gasteiger partial charge >= 0.3 is 12.3 Å². The number of likely N-dealkylation sites (tertiary alicyclic amines) is 1. The molecule has 1 amide bonds. The van der Waals surface area contributed by atoms with Gasteiger partial charge in [0.2, 0.25) is 0 Å². The highest BCUT2D eigenvalue weighted by molar-refractivity contribution is 5.71. The lowest BCUT2D eigenvalue weighted by molar-refractivity contribution is -0.137. The molecule has 2 aliphatic heterocycles. The molecule has 2 aliphatic rings. The molecule has 2 aromatic carbocycles. The molecule has 40 heavy (non-hydrogen) atoms. The van der Waals surface area contributed by atoms with E-state index >= 15 is 0 Å². The molecule has 0 atom stereocenters. The fraction of sp³-hybridized carbons (Fsp3) is 0.517. The van der Waals surface area contributed by atoms with E-state index < -0.39 is 17.3 Å². The predicted molar refractivity (Wildman–Crippen MR) is 140 cm³/mol. The van der Waals surface area contributed by atoms with E-state index in [9.17, 15) is 23.2 Å². The molecule has 8 nitrogen and oxygen atoms in total. The van der Waals surface area contributed by atoms with Gasteiger partial charge in [0.15, 0.2) is 0 Å². The van der Waals surface area contributed by atoms with Crippen LogP contribution in [0.25, 0.3) is 11.1 Å². The van der Waals surface area contributed by atoms with Crippen molar-refractivity contribution in [2.75, 3.05) is 59.8 Å². The van der Waals surface area contributed by atoms with Crippen molar-refractivity contribution in [3.63, 3.8) is 0 Å². The van der Waals surface area contributed by atoms with E-state index in [0.29, 0.717) is 48.6 Å². The van der Waals surface area contributed by atoms with Gasteiger partial charge in [-0.2, -0.15) is 18.4 Å². The van der Waals surface area contributed by atoms with E-state index in [0.717, 1.165) is 51.0 Å². The SMILES string of the molecule is COCCOCN1CC2(CCN(CCCOCc3ccc(C(F)(F)F)cc3-c3cccc(C#N)c3)CC2)OC1=O. The molecule has 2 aromatic rings. The molecule has 0 aliphatic carbocycles. The fourth-order valence-electron chi connectivity index (χ4n) is 5.03. The number of halogens is 3. The molecule has 0 saturated carbocycles. The molecule has 11 heteroatoms. The zero-order valence-electron chi connectivity index (χ0n) is 22.5. The van der Waals surface area contributed by atoms with Crippen LogP contribution in [0.1, 0.15) is 36.0 Å². The van der Waals surface area contributed by atoms with E-state index in [1.165, 1.54) is 6.07 Å². The molecular weight excluding hydrogens is 527 g/mol. The minimum atomic E-state index is -4.47. The summed E-state index contributed by atoms with van der Waals surface area (Å²) in [4.78, 5) is 16.2. The average molecular weight is 562 g/mol. The highest BCUT2D eigenvalue weighted by Crippen LogP contribution is 2.35. The van der Waals surface area contributed by atoms with Crippen LogP contribution in [0.5, 0.6) is 0 Å². The first kappa shape index (κ1) is 29.8. The number of carbonyl (C=O) groups is 1. The van der Waals surface area contributed by atoms with Crippen molar-refractivity contribution in [1.82, 2.24) is 9.80 Å². The average Bonchev–Trinajstić information content (AvgIpc) is 3.25. The quantitative estimate of drug-likeness (QED) is 0.335. The Hall–Kier alpha value is -3.17. The van der Waals surface area contributed by atoms with Crippen molar-refractivity contribution < 1.29 is 36.9 Å². The maximum absolute atomic E-state index is 13.4. The Morgan fingerprint density at radius 2 is 1.88 bits per heavy atom. The standard InChI is InChI=1S/C29H34F3N3O5/c1-37-14-15-39-21-35-20-28(40-27(35)36)8-11-34(12-9-28)10-3-13-38-19-24-6-7-25(29(30,31)32)17-26(24)23-5-2-4-22(16-23)18-33/h2,4-7,16-17H,3,8-15,19-21H2,1H3. The van der Waals surface area contributed by atoms with Crippen LogP contribution < -0.4 is 0 Å². The summed E-state index contributed by atoms with van der Waals surface area (Å²) in [6, 6.07) is 12.2. The zero-order chi connectivity index (χ0) is 28.6. The molecular formula is C29H34F3N3O5. The first-order valence-corrected chi connectivity index (χ1v) is 13.3. The summed E-state index contributed by atoms with van der Waals surface area (Å²) in [6.07, 6.45) is -2.58. The Kier molecular flexibility index (Phi) is 10.0. The molecule has 216 valence electrons. The molecule has 0 bridgehead atoms. The highest BCUT2D eigenvalue weighted by Gasteiger charge is 2.46. The molecule has 4 rings (SSSR count). The Bertz CT molecular complexity index is 1190. The van der Waals surface area contributed by atoms with E-state index in [2.05, 4.69) is 4.90 Å². The van der Waals surface area contributed by atoms with Gasteiger partial charge in [-0.3, -0.25) is 4.90 Å². The second-order valence-electron chi connectivity index (χ2n) is 10.1. The van der Waals surface area contributed by atoms with Crippen LogP contribution >= 0.6 is 0 Å². The third-order valence-electron chi connectivity index (χ3n) is 7.25. The van der Waals surface area contributed by atoms with Crippen molar-refractivity contribution in [2.24, 2.45) is 0 Å². The number of hydrogen-bond acceptors (Lipinski definition) is 7. The Morgan fingerprint density at radius 3 is 2.60 bits per heavy atom. The summed E-state index contributed by atoms with van der Waals surface area (Å²) >= 11 is 0. The maximum atomic E-state index is 13.4. The van der Waals surface area contributed by atoms with Gasteiger partial charge in [0, 0.05) is 46.2 Å². The monoisotopic (exact) mass is 561 g/mol. The fourth-order valence-corrected chi connectivity index (χ4v) is 5.03. The van der Waals surface area contributed by atoms with Crippen LogP contribution in [0.15, 0.2) is 42.5 Å². The van der Waals surface area contributed by atoms with Gasteiger partial charge in [-0.05, 0) is 47.4 Å². The molecule has 0 aromatic heterocycles. The van der Waals surface area contributed by atoms with E-state index in [4.69, 9.17) is 18.9 Å². The number of ether oxygens (including phenoxy) is 4. The molecule has 2 fully saturated rings. The Labute approximate surface area is 232 Å². The number of amides is 1. The van der Waals surface area contributed by atoms with Crippen molar-refractivity contribution in [2.45, 2.75) is 37.6 Å². The molecule has 0 unspecified atom stereocenters. The first-order valence-electron chi connectivity index (χ1n) is 13.3. The topological polar surface area (TPSA) is 84.3 Å². The van der Waals surface area contributed by atoms with Gasteiger partial charge in [-0.15, -0.1) is 0 Å². The Balaban J connectivity index is 1.24. The van der Waals surface area contributed by atoms with Crippen LogP contribution in [0.2, 0.25) is 0 Å². The number of nitrogens with zero attached hydrogens (tertiary/aromatic N) is 3. The third kappa shape index (κ3) is 7.73. The normalized spacial score (nSPS) is 17.3. The molecule has 0 radical (unpaired) electrons. The minimum Gasteiger partial charge on any atom is -0.441 e. The summed E-state index contributed by atoms with van der Waals surface area (Å²) in [5, 5.41) is 9.21. The molecule has 2 heterocycles. The van der Waals surface area contributed by atoms with Crippen molar-refractivity contribution >= 4 is 6.09 Å². The largest absolute Gasteiger partial charge is 0.441 e. The predicted octanol–water partition coefficient (Wildman–Crippen LogP) is 5.06. The third-order valence-corrected chi connectivity index (χ3v) is 7.25. The van der Waals surface area contributed by atoms with Crippen molar-refractivity contribution in [3.05, 3.63) is 59.2 Å². The van der Waals surface area contributed by atoms with Gasteiger partial charge in [-0.25, -0.2) is 4.79 Å². The number of nitriles is 1. The van der Waals surface area contributed by atoms with E-state index in [-0.39, 0.29) is 19.4 Å². The number of carbonyl (C=O) groups excluding carboxylic acids is 1. The van der Waals surface area contributed by atoms with Gasteiger partial charge in [0.05, 0.1) is 43.6 Å². The lowest BCUT2D eigenvalue weighted by Gasteiger charge is -2.37. The molecule has 0 N–H and O–H groups in total. The van der Waals surface area contributed by atoms with E-state index in [1.54, 1.807) is 36.3 Å². The Morgan fingerprint density at radius 1 is 1.07 bits per heavy atom. The zero-order valence-corrected chi connectivity index (χ0v) is 22.5. The number of hydrogen-bond donors (Lipinski definition) is 0. The second kappa shape index (κ2) is 13.5. The second-order valence-corrected chi connectivity index (χ2v) is 10.1. The minimum absolute atomic E-state index is 0.158. The van der Waals surface area contributed by atoms with Crippen molar-refractivity contribution in [3.8, 4) is 17.2 Å². The summed E-state index contributed by atoms with van der Waals surface area (Å²) in [6.45, 7) is 4.59. The van der Waals surface area contributed by atoms with Gasteiger partial charge in [0.25, 0.3) is 0 Å².